The van der Waals surface area contributed by atoms with E-state index in [2.05, 4.69) is 16.0 Å². The maximum absolute atomic E-state index is 12.1. The van der Waals surface area contributed by atoms with Gasteiger partial charge in [-0.1, -0.05) is 29.3 Å². The Labute approximate surface area is 137 Å². The average molecular weight is 344 g/mol. The van der Waals surface area contributed by atoms with Crippen LogP contribution in [-0.4, -0.2) is 23.9 Å². The molecule has 4 amide bonds. The molecule has 3 N–H and O–H groups in total. The summed E-state index contributed by atoms with van der Waals surface area (Å²) in [6, 6.07) is 3.65. The molecule has 22 heavy (non-hydrogen) atoms. The van der Waals surface area contributed by atoms with Crippen LogP contribution in [0.1, 0.15) is 25.8 Å². The van der Waals surface area contributed by atoms with Gasteiger partial charge in [-0.2, -0.15) is 0 Å². The van der Waals surface area contributed by atoms with Crippen LogP contribution in [0.25, 0.3) is 0 Å². The maximum Gasteiger partial charge on any atom is 0.322 e. The zero-order valence-corrected chi connectivity index (χ0v) is 13.5. The minimum Gasteiger partial charge on any atom is -0.347 e. The molecule has 1 saturated heterocycles. The van der Waals surface area contributed by atoms with E-state index >= 15 is 0 Å². The summed E-state index contributed by atoms with van der Waals surface area (Å²) in [6.07, 6.45) is -0.137. The molecule has 0 bridgehead atoms. The number of hydrogen-bond donors (Lipinski definition) is 3. The third-order valence-electron chi connectivity index (χ3n) is 3.34. The molecule has 0 aliphatic carbocycles. The van der Waals surface area contributed by atoms with Gasteiger partial charge in [0.2, 0.25) is 5.91 Å². The second kappa shape index (κ2) is 6.14. The Bertz CT molecular complexity index is 646. The highest BCUT2D eigenvalue weighted by Gasteiger charge is 2.33. The first kappa shape index (κ1) is 16.6. The first-order chi connectivity index (χ1) is 10.2. The van der Waals surface area contributed by atoms with Crippen LogP contribution in [0.15, 0.2) is 18.2 Å². The van der Waals surface area contributed by atoms with Gasteiger partial charge in [-0.05, 0) is 31.5 Å². The van der Waals surface area contributed by atoms with Crippen LogP contribution in [0.4, 0.5) is 4.79 Å². The predicted molar refractivity (Wildman–Crippen MR) is 82.7 cm³/mol. The molecule has 1 heterocycles. The van der Waals surface area contributed by atoms with E-state index in [-0.39, 0.29) is 12.3 Å². The van der Waals surface area contributed by atoms with Crippen molar-refractivity contribution >= 4 is 41.0 Å². The number of nitrogens with one attached hydrogen (secondary N) is 3. The Morgan fingerprint density at radius 3 is 2.50 bits per heavy atom. The van der Waals surface area contributed by atoms with Gasteiger partial charge in [-0.25, -0.2) is 4.79 Å². The predicted octanol–water partition coefficient (Wildman–Crippen LogP) is 1.94. The Kier molecular flexibility index (Phi) is 4.63. The van der Waals surface area contributed by atoms with E-state index in [0.717, 1.165) is 5.56 Å². The number of rotatable bonds is 4. The topological polar surface area (TPSA) is 87.3 Å². The van der Waals surface area contributed by atoms with Crippen LogP contribution < -0.4 is 16.0 Å². The second-order valence-corrected chi connectivity index (χ2v) is 6.34. The fraction of sp³-hybridized carbons (Fsp3) is 0.357. The lowest BCUT2D eigenvalue weighted by atomic mass is 9.94. The molecule has 118 valence electrons. The number of benzene rings is 1. The van der Waals surface area contributed by atoms with Crippen molar-refractivity contribution < 1.29 is 14.4 Å². The van der Waals surface area contributed by atoms with Crippen LogP contribution >= 0.6 is 23.2 Å². The van der Waals surface area contributed by atoms with E-state index in [9.17, 15) is 14.4 Å². The van der Waals surface area contributed by atoms with Crippen LogP contribution in [0.3, 0.4) is 0 Å². The van der Waals surface area contributed by atoms with Crippen molar-refractivity contribution in [3.8, 4) is 0 Å². The molecule has 2 rings (SSSR count). The van der Waals surface area contributed by atoms with Crippen molar-refractivity contribution in [1.29, 1.82) is 0 Å². The van der Waals surface area contributed by atoms with Gasteiger partial charge in [0, 0.05) is 0 Å². The normalized spacial score (nSPS) is 17.9. The monoisotopic (exact) mass is 343 g/mol. The van der Waals surface area contributed by atoms with Crippen molar-refractivity contribution in [2.45, 2.75) is 31.8 Å². The maximum atomic E-state index is 12.1. The molecule has 0 radical (unpaired) electrons. The molecular weight excluding hydrogens is 329 g/mol. The molecule has 1 aliphatic rings. The summed E-state index contributed by atoms with van der Waals surface area (Å²) < 4.78 is 0. The van der Waals surface area contributed by atoms with Gasteiger partial charge in [0.25, 0.3) is 5.91 Å². The molecule has 1 atom stereocenters. The van der Waals surface area contributed by atoms with E-state index in [1.165, 1.54) is 0 Å². The van der Waals surface area contributed by atoms with Crippen molar-refractivity contribution in [3.63, 3.8) is 0 Å². The fourth-order valence-corrected chi connectivity index (χ4v) is 2.44. The standard InChI is InChI=1S/C14H15Cl2N3O3/c1-14(2,7-3-4-8(15)9(16)5-7)19-11(20)6-10-12(21)18-13(22)17-10/h3-5,10H,6H2,1-2H3,(H,19,20)(H2,17,18,21,22)/t10-/m0/s1. The lowest BCUT2D eigenvalue weighted by Gasteiger charge is -2.27. The second-order valence-electron chi connectivity index (χ2n) is 5.52. The number of amides is 4. The van der Waals surface area contributed by atoms with Crippen molar-refractivity contribution in [3.05, 3.63) is 33.8 Å². The number of carbonyl (C=O) groups excluding carboxylic acids is 3. The summed E-state index contributed by atoms with van der Waals surface area (Å²) in [5, 5.41) is 8.09. The highest BCUT2D eigenvalue weighted by molar-refractivity contribution is 6.42. The first-order valence-electron chi connectivity index (χ1n) is 6.57. The number of imide groups is 1. The van der Waals surface area contributed by atoms with Crippen LogP contribution in [0, 0.1) is 0 Å². The molecule has 0 aromatic heterocycles. The molecule has 1 aromatic rings. The van der Waals surface area contributed by atoms with Crippen molar-refractivity contribution in [2.75, 3.05) is 0 Å². The lowest BCUT2D eigenvalue weighted by molar-refractivity contribution is -0.127. The molecule has 1 aromatic carbocycles. The molecule has 0 spiro atoms. The zero-order valence-electron chi connectivity index (χ0n) is 12.0. The zero-order chi connectivity index (χ0) is 16.5. The summed E-state index contributed by atoms with van der Waals surface area (Å²) in [6.45, 7) is 3.61. The highest BCUT2D eigenvalue weighted by Crippen LogP contribution is 2.28. The Morgan fingerprint density at radius 1 is 1.27 bits per heavy atom. The summed E-state index contributed by atoms with van der Waals surface area (Å²) >= 11 is 11.9. The van der Waals surface area contributed by atoms with Crippen LogP contribution in [0.2, 0.25) is 10.0 Å². The van der Waals surface area contributed by atoms with Gasteiger partial charge in [0.15, 0.2) is 0 Å². The summed E-state index contributed by atoms with van der Waals surface area (Å²) in [7, 11) is 0. The number of carbonyl (C=O) groups is 3. The molecule has 1 fully saturated rings. The Hall–Kier alpha value is -1.79. The number of urea groups is 1. The van der Waals surface area contributed by atoms with Gasteiger partial charge < -0.3 is 10.6 Å². The third kappa shape index (κ3) is 3.69. The number of hydrogen-bond acceptors (Lipinski definition) is 3. The highest BCUT2D eigenvalue weighted by atomic mass is 35.5. The summed E-state index contributed by atoms with van der Waals surface area (Å²) in [5.41, 5.74) is 0.0693. The smallest absolute Gasteiger partial charge is 0.322 e. The van der Waals surface area contributed by atoms with Gasteiger partial charge in [-0.15, -0.1) is 0 Å². The third-order valence-corrected chi connectivity index (χ3v) is 4.08. The van der Waals surface area contributed by atoms with Gasteiger partial charge in [0.05, 0.1) is 22.0 Å². The van der Waals surface area contributed by atoms with E-state index in [4.69, 9.17) is 23.2 Å². The van der Waals surface area contributed by atoms with Gasteiger partial charge in [0.1, 0.15) is 6.04 Å². The molecule has 1 aliphatic heterocycles. The Balaban J connectivity index is 2.04. The largest absolute Gasteiger partial charge is 0.347 e. The van der Waals surface area contributed by atoms with Crippen LogP contribution in [-0.2, 0) is 15.1 Å². The summed E-state index contributed by atoms with van der Waals surface area (Å²) in [4.78, 5) is 34.5. The minimum atomic E-state index is -0.850. The SMILES string of the molecule is CC(C)(NC(=O)C[C@@H]1NC(=O)NC1=O)c1ccc(Cl)c(Cl)c1. The fourth-order valence-electron chi connectivity index (χ4n) is 2.14. The molecule has 8 heteroatoms. The average Bonchev–Trinajstić information content (AvgIpc) is 2.70. The molecule has 0 unspecified atom stereocenters. The lowest BCUT2D eigenvalue weighted by Crippen LogP contribution is -2.44. The molecule has 6 nitrogen and oxygen atoms in total. The van der Waals surface area contributed by atoms with Crippen molar-refractivity contribution in [2.24, 2.45) is 0 Å². The quantitative estimate of drug-likeness (QED) is 0.730. The van der Waals surface area contributed by atoms with E-state index in [1.54, 1.807) is 32.0 Å². The minimum absolute atomic E-state index is 0.137. The summed E-state index contributed by atoms with van der Waals surface area (Å²) in [5.74, 6) is -0.870. The van der Waals surface area contributed by atoms with E-state index < -0.39 is 23.5 Å². The first-order valence-corrected chi connectivity index (χ1v) is 7.32. The van der Waals surface area contributed by atoms with E-state index in [0.29, 0.717) is 10.0 Å². The number of halogens is 2. The van der Waals surface area contributed by atoms with Gasteiger partial charge >= 0.3 is 6.03 Å². The van der Waals surface area contributed by atoms with Crippen molar-refractivity contribution in [1.82, 2.24) is 16.0 Å². The van der Waals surface area contributed by atoms with E-state index in [1.807, 2.05) is 0 Å². The Morgan fingerprint density at radius 2 is 1.95 bits per heavy atom. The van der Waals surface area contributed by atoms with Gasteiger partial charge in [-0.3, -0.25) is 14.9 Å². The van der Waals surface area contributed by atoms with Crippen LogP contribution in [0.5, 0.6) is 0 Å². The molecule has 0 saturated carbocycles. The molecular formula is C14H15Cl2N3O3.